The van der Waals surface area contributed by atoms with Crippen LogP contribution in [-0.4, -0.2) is 22.8 Å². The van der Waals surface area contributed by atoms with Gasteiger partial charge in [0.05, 0.1) is 4.88 Å². The maximum atomic E-state index is 13.2. The van der Waals surface area contributed by atoms with Gasteiger partial charge in [0.15, 0.2) is 6.10 Å². The van der Waals surface area contributed by atoms with Crippen LogP contribution in [0.5, 0.6) is 5.75 Å². The zero-order valence-corrected chi connectivity index (χ0v) is 17.2. The van der Waals surface area contributed by atoms with E-state index in [4.69, 9.17) is 4.74 Å². The van der Waals surface area contributed by atoms with E-state index in [1.807, 2.05) is 24.4 Å². The van der Waals surface area contributed by atoms with Gasteiger partial charge < -0.3 is 15.0 Å². The molecule has 3 aromatic rings. The maximum Gasteiger partial charge on any atom is 0.265 e. The minimum absolute atomic E-state index is 0.109. The Kier molecular flexibility index (Phi) is 5.81. The molecule has 7 heteroatoms. The van der Waals surface area contributed by atoms with Crippen molar-refractivity contribution in [2.75, 3.05) is 5.32 Å². The number of fused-ring (bicyclic) bond motifs is 1. The van der Waals surface area contributed by atoms with Gasteiger partial charge in [0.25, 0.3) is 11.8 Å². The van der Waals surface area contributed by atoms with Gasteiger partial charge in [-0.2, -0.15) is 0 Å². The molecular formula is C23H21FN2O3S. The number of rotatable bonds is 5. The van der Waals surface area contributed by atoms with Crippen molar-refractivity contribution in [2.45, 2.75) is 32.5 Å². The van der Waals surface area contributed by atoms with E-state index in [9.17, 15) is 14.0 Å². The van der Waals surface area contributed by atoms with Crippen LogP contribution in [0, 0.1) is 5.82 Å². The van der Waals surface area contributed by atoms with E-state index in [2.05, 4.69) is 5.32 Å². The summed E-state index contributed by atoms with van der Waals surface area (Å²) in [6.07, 6.45) is -0.0482. The van der Waals surface area contributed by atoms with Crippen molar-refractivity contribution in [1.82, 2.24) is 4.90 Å². The molecule has 0 radical (unpaired) electrons. The third-order valence-corrected chi connectivity index (χ3v) is 5.81. The summed E-state index contributed by atoms with van der Waals surface area (Å²) in [6.45, 7) is 2.59. The number of hydrogen-bond donors (Lipinski definition) is 1. The Morgan fingerprint density at radius 1 is 1.23 bits per heavy atom. The van der Waals surface area contributed by atoms with Gasteiger partial charge >= 0.3 is 0 Å². The molecule has 5 nitrogen and oxygen atoms in total. The number of benzene rings is 2. The minimum atomic E-state index is -0.585. The summed E-state index contributed by atoms with van der Waals surface area (Å²) < 4.78 is 19.2. The molecule has 0 saturated heterocycles. The molecule has 2 amide bonds. The summed E-state index contributed by atoms with van der Waals surface area (Å²) in [6, 6.07) is 15.1. The van der Waals surface area contributed by atoms with Crippen molar-refractivity contribution in [1.29, 1.82) is 0 Å². The SMILES string of the molecule is CCC1Oc2ccc(NC(=O)c3cccs3)cc2CN(Cc2ccc(F)cc2)C1=O. The highest BCUT2D eigenvalue weighted by Gasteiger charge is 2.30. The molecule has 2 heterocycles. The van der Waals surface area contributed by atoms with Gasteiger partial charge in [-0.1, -0.05) is 25.1 Å². The van der Waals surface area contributed by atoms with Crippen LogP contribution in [0.4, 0.5) is 10.1 Å². The molecule has 1 N–H and O–H groups in total. The fraction of sp³-hybridized carbons (Fsp3) is 0.217. The Balaban J connectivity index is 1.59. The van der Waals surface area contributed by atoms with E-state index < -0.39 is 6.10 Å². The van der Waals surface area contributed by atoms with Crippen LogP contribution >= 0.6 is 11.3 Å². The smallest absolute Gasteiger partial charge is 0.265 e. The second kappa shape index (κ2) is 8.67. The molecule has 0 aliphatic carbocycles. The van der Waals surface area contributed by atoms with Crippen molar-refractivity contribution in [3.63, 3.8) is 0 Å². The Morgan fingerprint density at radius 3 is 2.73 bits per heavy atom. The van der Waals surface area contributed by atoms with Crippen LogP contribution in [0.1, 0.15) is 34.1 Å². The average Bonchev–Trinajstić information content (AvgIpc) is 3.25. The lowest BCUT2D eigenvalue weighted by atomic mass is 10.1. The first-order valence-electron chi connectivity index (χ1n) is 9.71. The van der Waals surface area contributed by atoms with Gasteiger partial charge in [0.2, 0.25) is 0 Å². The number of thiophene rings is 1. The van der Waals surface area contributed by atoms with Crippen molar-refractivity contribution in [3.05, 3.63) is 81.8 Å². The molecular weight excluding hydrogens is 403 g/mol. The van der Waals surface area contributed by atoms with Crippen LogP contribution in [-0.2, 0) is 17.9 Å². The summed E-state index contributed by atoms with van der Waals surface area (Å²) in [4.78, 5) is 27.7. The molecule has 0 spiro atoms. The van der Waals surface area contributed by atoms with Crippen molar-refractivity contribution in [2.24, 2.45) is 0 Å². The quantitative estimate of drug-likeness (QED) is 0.638. The maximum absolute atomic E-state index is 13.2. The summed E-state index contributed by atoms with van der Waals surface area (Å²) in [5.41, 5.74) is 2.29. The highest BCUT2D eigenvalue weighted by Crippen LogP contribution is 2.30. The van der Waals surface area contributed by atoms with Crippen LogP contribution < -0.4 is 10.1 Å². The van der Waals surface area contributed by atoms with Gasteiger partial charge in [-0.25, -0.2) is 4.39 Å². The fourth-order valence-corrected chi connectivity index (χ4v) is 4.01. The first-order valence-corrected chi connectivity index (χ1v) is 10.6. The predicted molar refractivity (Wildman–Crippen MR) is 114 cm³/mol. The third-order valence-electron chi connectivity index (χ3n) is 4.94. The van der Waals surface area contributed by atoms with E-state index >= 15 is 0 Å². The van der Waals surface area contributed by atoms with E-state index in [1.165, 1.54) is 23.5 Å². The topological polar surface area (TPSA) is 58.6 Å². The lowest BCUT2D eigenvalue weighted by molar-refractivity contribution is -0.139. The second-order valence-electron chi connectivity index (χ2n) is 7.09. The van der Waals surface area contributed by atoms with Crippen molar-refractivity contribution >= 4 is 28.8 Å². The Labute approximate surface area is 178 Å². The van der Waals surface area contributed by atoms with Crippen LogP contribution in [0.25, 0.3) is 0 Å². The average molecular weight is 424 g/mol. The van der Waals surface area contributed by atoms with Crippen LogP contribution in [0.3, 0.4) is 0 Å². The Bertz CT molecular complexity index is 1050. The standard InChI is InChI=1S/C23H21FN2O3S/c1-2-19-23(28)26(13-15-5-7-17(24)8-6-15)14-16-12-18(9-10-20(16)29-19)25-22(27)21-4-3-11-30-21/h3-12,19H,2,13-14H2,1H3,(H,25,27). The van der Waals surface area contributed by atoms with Gasteiger partial charge in [-0.05, 0) is 53.8 Å². The predicted octanol–water partition coefficient (Wildman–Crippen LogP) is 4.84. The molecule has 1 aromatic heterocycles. The van der Waals surface area contributed by atoms with E-state index in [0.717, 1.165) is 11.1 Å². The number of nitrogens with one attached hydrogen (secondary N) is 1. The first kappa shape index (κ1) is 20.1. The van der Waals surface area contributed by atoms with Crippen molar-refractivity contribution in [3.8, 4) is 5.75 Å². The number of amides is 2. The first-order chi connectivity index (χ1) is 14.5. The second-order valence-corrected chi connectivity index (χ2v) is 8.04. The molecule has 2 aromatic carbocycles. The van der Waals surface area contributed by atoms with E-state index in [0.29, 0.717) is 35.8 Å². The molecule has 1 aliphatic rings. The molecule has 1 atom stereocenters. The molecule has 30 heavy (non-hydrogen) atoms. The van der Waals surface area contributed by atoms with Crippen LogP contribution in [0.15, 0.2) is 60.0 Å². The fourth-order valence-electron chi connectivity index (χ4n) is 3.39. The van der Waals surface area contributed by atoms with Gasteiger partial charge in [-0.15, -0.1) is 11.3 Å². The van der Waals surface area contributed by atoms with Gasteiger partial charge in [0, 0.05) is 24.3 Å². The highest BCUT2D eigenvalue weighted by molar-refractivity contribution is 7.12. The molecule has 0 saturated carbocycles. The van der Waals surface area contributed by atoms with Crippen molar-refractivity contribution < 1.29 is 18.7 Å². The minimum Gasteiger partial charge on any atom is -0.480 e. The molecule has 4 rings (SSSR count). The molecule has 0 bridgehead atoms. The van der Waals surface area contributed by atoms with E-state index in [1.54, 1.807) is 35.2 Å². The lowest BCUT2D eigenvalue weighted by Gasteiger charge is -2.23. The third kappa shape index (κ3) is 4.36. The number of carbonyl (C=O) groups is 2. The largest absolute Gasteiger partial charge is 0.480 e. The Morgan fingerprint density at radius 2 is 2.03 bits per heavy atom. The summed E-state index contributed by atoms with van der Waals surface area (Å²) in [5.74, 6) is 0.0328. The van der Waals surface area contributed by atoms with Crippen LogP contribution in [0.2, 0.25) is 0 Å². The number of ether oxygens (including phenoxy) is 1. The van der Waals surface area contributed by atoms with Gasteiger partial charge in [-0.3, -0.25) is 9.59 Å². The monoisotopic (exact) mass is 424 g/mol. The summed E-state index contributed by atoms with van der Waals surface area (Å²) in [7, 11) is 0. The zero-order valence-electron chi connectivity index (χ0n) is 16.4. The molecule has 154 valence electrons. The summed E-state index contributed by atoms with van der Waals surface area (Å²) >= 11 is 1.37. The Hall–Kier alpha value is -3.19. The van der Waals surface area contributed by atoms with Gasteiger partial charge in [0.1, 0.15) is 11.6 Å². The molecule has 1 aliphatic heterocycles. The summed E-state index contributed by atoms with van der Waals surface area (Å²) in [5, 5.41) is 4.74. The number of nitrogens with zero attached hydrogens (tertiary/aromatic N) is 1. The lowest BCUT2D eigenvalue weighted by Crippen LogP contribution is -2.38. The van der Waals surface area contributed by atoms with E-state index in [-0.39, 0.29) is 17.6 Å². The zero-order chi connectivity index (χ0) is 21.1. The highest BCUT2D eigenvalue weighted by atomic mass is 32.1. The molecule has 1 unspecified atom stereocenters. The number of halogens is 1. The molecule has 0 fully saturated rings. The number of carbonyl (C=O) groups excluding carboxylic acids is 2. The number of anilines is 1. The normalized spacial score (nSPS) is 15.9. The number of hydrogen-bond acceptors (Lipinski definition) is 4.